The summed E-state index contributed by atoms with van der Waals surface area (Å²) in [6, 6.07) is 12.7. The highest BCUT2D eigenvalue weighted by atomic mass is 16.7. The van der Waals surface area contributed by atoms with E-state index < -0.39 is 0 Å². The molecule has 0 saturated heterocycles. The molecule has 2 heterocycles. The maximum Gasteiger partial charge on any atom is 0.275 e. The number of carbonyl (C=O) groups is 1. The van der Waals surface area contributed by atoms with Gasteiger partial charge in [-0.05, 0) is 43.7 Å². The number of amides is 1. The Balaban J connectivity index is 1.39. The lowest BCUT2D eigenvalue weighted by atomic mass is 10.1. The number of nitrogens with zero attached hydrogens (tertiary/aromatic N) is 1. The molecule has 2 aromatic carbocycles. The Bertz CT molecular complexity index is 1130. The van der Waals surface area contributed by atoms with Gasteiger partial charge >= 0.3 is 0 Å². The maximum absolute atomic E-state index is 12.6. The lowest BCUT2D eigenvalue weighted by Gasteiger charge is -2.19. The number of ether oxygens (including phenoxy) is 2. The van der Waals surface area contributed by atoms with Crippen LogP contribution in [0.5, 0.6) is 11.5 Å². The molecule has 0 aliphatic carbocycles. The Hall–Kier alpha value is -3.39. The van der Waals surface area contributed by atoms with Crippen molar-refractivity contribution in [2.75, 3.05) is 19.9 Å². The Kier molecular flexibility index (Phi) is 5.67. The van der Waals surface area contributed by atoms with Crippen molar-refractivity contribution in [2.24, 2.45) is 0 Å². The monoisotopic (exact) mass is 409 g/mol. The van der Waals surface area contributed by atoms with Crippen molar-refractivity contribution < 1.29 is 19.2 Å². The van der Waals surface area contributed by atoms with Gasteiger partial charge in [-0.15, -0.1) is 0 Å². The average Bonchev–Trinajstić information content (AvgIpc) is 3.21. The fourth-order valence-electron chi connectivity index (χ4n) is 3.55. The van der Waals surface area contributed by atoms with Gasteiger partial charge in [-0.2, -0.15) is 0 Å². The number of fused-ring (bicyclic) bond motifs is 2. The zero-order valence-corrected chi connectivity index (χ0v) is 17.0. The number of hydrogen-bond acceptors (Lipinski definition) is 5. The summed E-state index contributed by atoms with van der Waals surface area (Å²) in [5.41, 5.74) is 1.45. The first kappa shape index (κ1) is 19.9. The maximum atomic E-state index is 12.6. The molecule has 30 heavy (non-hydrogen) atoms. The van der Waals surface area contributed by atoms with Crippen LogP contribution in [0.4, 0.5) is 0 Å². The van der Waals surface area contributed by atoms with Gasteiger partial charge in [-0.1, -0.05) is 18.2 Å². The number of quaternary nitrogens is 1. The molecule has 0 radical (unpaired) electrons. The zero-order valence-electron chi connectivity index (χ0n) is 17.0. The molecule has 4 rings (SSSR count). The van der Waals surface area contributed by atoms with Crippen LogP contribution in [0.25, 0.3) is 10.9 Å². The van der Waals surface area contributed by atoms with Crippen molar-refractivity contribution in [2.45, 2.75) is 26.4 Å². The standard InChI is InChI=1S/C22H24N4O4/c1-3-26(11-20-24-17-7-5-4-6-16(17)22(28)25-20)12-21(27)23-14(2)15-8-9-18-19(10-15)30-13-29-18/h4-10,14H,3,11-13H2,1-2H3,(H,23,27)(H,24,25,28)/p+1/t14-/m0/s1. The molecule has 3 aromatic rings. The van der Waals surface area contributed by atoms with E-state index in [2.05, 4.69) is 15.3 Å². The molecule has 8 nitrogen and oxygen atoms in total. The topological polar surface area (TPSA) is 97.8 Å². The van der Waals surface area contributed by atoms with E-state index in [0.29, 0.717) is 29.0 Å². The summed E-state index contributed by atoms with van der Waals surface area (Å²) in [7, 11) is 0. The molecule has 1 aromatic heterocycles. The summed E-state index contributed by atoms with van der Waals surface area (Å²) in [6.07, 6.45) is 0. The number of aromatic amines is 1. The third-order valence-corrected chi connectivity index (χ3v) is 5.26. The average molecular weight is 409 g/mol. The summed E-state index contributed by atoms with van der Waals surface area (Å²) >= 11 is 0. The van der Waals surface area contributed by atoms with Crippen LogP contribution in [-0.2, 0) is 11.3 Å². The molecule has 1 aliphatic rings. The van der Waals surface area contributed by atoms with Crippen molar-refractivity contribution in [3.05, 3.63) is 64.2 Å². The first-order chi connectivity index (χ1) is 14.5. The summed E-state index contributed by atoms with van der Waals surface area (Å²) < 4.78 is 10.7. The number of benzene rings is 2. The zero-order chi connectivity index (χ0) is 21.1. The van der Waals surface area contributed by atoms with E-state index in [1.54, 1.807) is 6.07 Å². The third-order valence-electron chi connectivity index (χ3n) is 5.26. The molecule has 156 valence electrons. The van der Waals surface area contributed by atoms with Crippen molar-refractivity contribution in [1.29, 1.82) is 0 Å². The van der Waals surface area contributed by atoms with Gasteiger partial charge in [-0.25, -0.2) is 4.98 Å². The highest BCUT2D eigenvalue weighted by Crippen LogP contribution is 2.34. The largest absolute Gasteiger partial charge is 0.454 e. The summed E-state index contributed by atoms with van der Waals surface area (Å²) in [4.78, 5) is 33.3. The fourth-order valence-corrected chi connectivity index (χ4v) is 3.55. The lowest BCUT2D eigenvalue weighted by molar-refractivity contribution is -0.904. The van der Waals surface area contributed by atoms with Crippen molar-refractivity contribution in [1.82, 2.24) is 15.3 Å². The number of carbonyl (C=O) groups excluding carboxylic acids is 1. The predicted octanol–water partition coefficient (Wildman–Crippen LogP) is 0.934. The molecule has 1 amide bonds. The van der Waals surface area contributed by atoms with Gasteiger partial charge in [0.1, 0.15) is 6.54 Å². The highest BCUT2D eigenvalue weighted by molar-refractivity contribution is 5.78. The van der Waals surface area contributed by atoms with E-state index in [4.69, 9.17) is 9.47 Å². The van der Waals surface area contributed by atoms with E-state index in [-0.39, 0.29) is 30.8 Å². The van der Waals surface area contributed by atoms with Crippen molar-refractivity contribution in [3.63, 3.8) is 0 Å². The van der Waals surface area contributed by atoms with Crippen LogP contribution in [0.2, 0.25) is 0 Å². The summed E-state index contributed by atoms with van der Waals surface area (Å²) in [5, 5.41) is 3.59. The van der Waals surface area contributed by atoms with Crippen LogP contribution >= 0.6 is 0 Å². The Morgan fingerprint density at radius 1 is 1.23 bits per heavy atom. The van der Waals surface area contributed by atoms with E-state index in [1.165, 1.54) is 0 Å². The third kappa shape index (κ3) is 4.28. The van der Waals surface area contributed by atoms with Crippen molar-refractivity contribution in [3.8, 4) is 11.5 Å². The van der Waals surface area contributed by atoms with Gasteiger partial charge in [-0.3, -0.25) is 9.59 Å². The fraction of sp³-hybridized carbons (Fsp3) is 0.318. The number of rotatable bonds is 7. The van der Waals surface area contributed by atoms with Gasteiger partial charge in [0.05, 0.1) is 23.5 Å². The minimum absolute atomic E-state index is 0.0693. The number of hydrogen-bond donors (Lipinski definition) is 3. The normalized spacial score (nSPS) is 14.5. The van der Waals surface area contributed by atoms with Gasteiger partial charge in [0.2, 0.25) is 6.79 Å². The van der Waals surface area contributed by atoms with E-state index in [9.17, 15) is 9.59 Å². The smallest absolute Gasteiger partial charge is 0.275 e. The Labute approximate surface area is 173 Å². The molecule has 8 heteroatoms. The first-order valence-corrected chi connectivity index (χ1v) is 10.0. The molecular weight excluding hydrogens is 384 g/mol. The quantitative estimate of drug-likeness (QED) is 0.540. The minimum atomic E-state index is -0.163. The molecule has 0 spiro atoms. The van der Waals surface area contributed by atoms with Crippen LogP contribution in [0, 0.1) is 0 Å². The summed E-state index contributed by atoms with van der Waals surface area (Å²) in [6.45, 7) is 5.62. The van der Waals surface area contributed by atoms with E-state index >= 15 is 0 Å². The summed E-state index contributed by atoms with van der Waals surface area (Å²) in [5.74, 6) is 1.92. The van der Waals surface area contributed by atoms with E-state index in [0.717, 1.165) is 22.8 Å². The molecular formula is C22H25N4O4+. The van der Waals surface area contributed by atoms with Crippen molar-refractivity contribution >= 4 is 16.8 Å². The number of aromatic nitrogens is 2. The molecule has 0 fully saturated rings. The molecule has 1 aliphatic heterocycles. The molecule has 0 saturated carbocycles. The number of H-pyrrole nitrogens is 1. The Morgan fingerprint density at radius 2 is 2.03 bits per heavy atom. The number of para-hydroxylation sites is 1. The first-order valence-electron chi connectivity index (χ1n) is 10.0. The highest BCUT2D eigenvalue weighted by Gasteiger charge is 2.20. The lowest BCUT2D eigenvalue weighted by Crippen LogP contribution is -3.11. The van der Waals surface area contributed by atoms with Crippen LogP contribution in [0.15, 0.2) is 47.3 Å². The van der Waals surface area contributed by atoms with Gasteiger partial charge in [0.25, 0.3) is 11.5 Å². The second-order valence-electron chi connectivity index (χ2n) is 7.39. The van der Waals surface area contributed by atoms with Crippen LogP contribution in [0.1, 0.15) is 31.3 Å². The van der Waals surface area contributed by atoms with Crippen LogP contribution < -0.4 is 25.2 Å². The molecule has 1 unspecified atom stereocenters. The second-order valence-corrected chi connectivity index (χ2v) is 7.39. The minimum Gasteiger partial charge on any atom is -0.454 e. The second kappa shape index (κ2) is 8.54. The number of nitrogens with one attached hydrogen (secondary N) is 3. The SMILES string of the molecule is CC[NH+](CC(=O)N[C@@H](C)c1ccc2c(c1)OCO2)Cc1nc2ccccc2c(=O)[nH]1. The predicted molar refractivity (Wildman–Crippen MR) is 112 cm³/mol. The molecule has 0 bridgehead atoms. The van der Waals surface area contributed by atoms with Gasteiger partial charge in [0.15, 0.2) is 23.9 Å². The Morgan fingerprint density at radius 3 is 2.87 bits per heavy atom. The van der Waals surface area contributed by atoms with E-state index in [1.807, 2.05) is 50.2 Å². The van der Waals surface area contributed by atoms with Crippen LogP contribution in [-0.4, -0.2) is 35.8 Å². The van der Waals surface area contributed by atoms with Crippen LogP contribution in [0.3, 0.4) is 0 Å². The molecule has 2 atom stereocenters. The van der Waals surface area contributed by atoms with Gasteiger partial charge in [0, 0.05) is 0 Å². The number of likely N-dealkylation sites (N-methyl/N-ethyl adjacent to an activating group) is 1. The van der Waals surface area contributed by atoms with Gasteiger partial charge < -0.3 is 24.7 Å². The molecule has 3 N–H and O–H groups in total.